The van der Waals surface area contributed by atoms with E-state index in [2.05, 4.69) is 15.4 Å². The van der Waals surface area contributed by atoms with Crippen molar-refractivity contribution in [1.29, 1.82) is 0 Å². The quantitative estimate of drug-likeness (QED) is 0.620. The van der Waals surface area contributed by atoms with Gasteiger partial charge < -0.3 is 5.32 Å². The zero-order valence-corrected chi connectivity index (χ0v) is 14.4. The van der Waals surface area contributed by atoms with Crippen LogP contribution in [0.3, 0.4) is 0 Å². The Kier molecular flexibility index (Phi) is 5.08. The number of halogens is 3. The van der Waals surface area contributed by atoms with Crippen LogP contribution >= 0.6 is 11.3 Å². The molecule has 0 radical (unpaired) electrons. The molecule has 132 valence electrons. The van der Waals surface area contributed by atoms with E-state index in [4.69, 9.17) is 0 Å². The molecular weight excluding hydrogens is 349 g/mol. The number of alkyl halides is 3. The number of aromatic nitrogens is 3. The third kappa shape index (κ3) is 4.60. The fraction of sp³-hybridized carbons (Fsp3) is 0.294. The van der Waals surface area contributed by atoms with E-state index in [9.17, 15) is 13.2 Å². The number of hydrogen-bond acceptors (Lipinski definition) is 4. The van der Waals surface area contributed by atoms with Crippen LogP contribution in [0.1, 0.15) is 18.5 Å². The second-order valence-corrected chi connectivity index (χ2v) is 6.56. The van der Waals surface area contributed by atoms with Crippen LogP contribution in [0.5, 0.6) is 0 Å². The molecule has 0 amide bonds. The van der Waals surface area contributed by atoms with Gasteiger partial charge in [-0.15, -0.1) is 0 Å². The summed E-state index contributed by atoms with van der Waals surface area (Å²) in [4.78, 5) is 5.29. The predicted octanol–water partition coefficient (Wildman–Crippen LogP) is 5.06. The van der Waals surface area contributed by atoms with Crippen LogP contribution in [-0.4, -0.2) is 27.5 Å². The van der Waals surface area contributed by atoms with Gasteiger partial charge in [0.1, 0.15) is 5.69 Å². The first-order valence-corrected chi connectivity index (χ1v) is 8.63. The van der Waals surface area contributed by atoms with E-state index in [1.54, 1.807) is 4.68 Å². The number of nitrogens with one attached hydrogen (secondary N) is 1. The van der Waals surface area contributed by atoms with Crippen LogP contribution in [0.15, 0.2) is 42.6 Å². The van der Waals surface area contributed by atoms with Crippen LogP contribution in [-0.2, 0) is 0 Å². The third-order valence-corrected chi connectivity index (χ3v) is 4.69. The molecule has 0 saturated carbocycles. The van der Waals surface area contributed by atoms with Gasteiger partial charge in [-0.25, -0.2) is 9.67 Å². The van der Waals surface area contributed by atoms with Crippen LogP contribution in [0.4, 0.5) is 18.3 Å². The zero-order valence-electron chi connectivity index (χ0n) is 13.5. The Morgan fingerprint density at radius 2 is 1.92 bits per heavy atom. The summed E-state index contributed by atoms with van der Waals surface area (Å²) in [5, 5.41) is 8.14. The average Bonchev–Trinajstić information content (AvgIpc) is 3.18. The van der Waals surface area contributed by atoms with Crippen molar-refractivity contribution in [3.05, 3.63) is 48.3 Å². The molecule has 2 aromatic heterocycles. The Hall–Kier alpha value is -2.35. The average molecular weight is 366 g/mol. The molecule has 4 nitrogen and oxygen atoms in total. The summed E-state index contributed by atoms with van der Waals surface area (Å²) in [6.45, 7) is 2.11. The monoisotopic (exact) mass is 366 g/mol. The molecule has 1 aromatic carbocycles. The highest BCUT2D eigenvalue weighted by atomic mass is 32.1. The van der Waals surface area contributed by atoms with Crippen molar-refractivity contribution in [2.45, 2.75) is 25.9 Å². The van der Waals surface area contributed by atoms with Crippen molar-refractivity contribution >= 4 is 16.5 Å². The number of para-hydroxylation sites is 1. The number of hydrogen-bond donors (Lipinski definition) is 1. The summed E-state index contributed by atoms with van der Waals surface area (Å²) in [5.74, 6) is 0. The topological polar surface area (TPSA) is 42.7 Å². The van der Waals surface area contributed by atoms with Crippen LogP contribution in [0, 0.1) is 6.92 Å². The SMILES string of the molecule is Cc1nc(NCCCC(F)(F)F)sc1-c1ccn(-c2ccccc2)n1. The van der Waals surface area contributed by atoms with Crippen molar-refractivity contribution in [1.82, 2.24) is 14.8 Å². The molecule has 0 aliphatic carbocycles. The minimum absolute atomic E-state index is 0.0279. The van der Waals surface area contributed by atoms with Gasteiger partial charge in [0.15, 0.2) is 5.13 Å². The van der Waals surface area contributed by atoms with Crippen LogP contribution in [0.25, 0.3) is 16.3 Å². The van der Waals surface area contributed by atoms with Crippen LogP contribution < -0.4 is 5.32 Å². The lowest BCUT2D eigenvalue weighted by Crippen LogP contribution is -2.10. The third-order valence-electron chi connectivity index (χ3n) is 3.55. The Morgan fingerprint density at radius 1 is 1.16 bits per heavy atom. The second kappa shape index (κ2) is 7.26. The molecule has 0 aliphatic heterocycles. The molecule has 3 rings (SSSR count). The van der Waals surface area contributed by atoms with Gasteiger partial charge in [-0.3, -0.25) is 0 Å². The van der Waals surface area contributed by atoms with Gasteiger partial charge in [-0.2, -0.15) is 18.3 Å². The Balaban J connectivity index is 1.68. The molecule has 0 atom stereocenters. The maximum Gasteiger partial charge on any atom is 0.389 e. The lowest BCUT2D eigenvalue weighted by atomic mass is 10.3. The maximum atomic E-state index is 12.2. The molecule has 0 fully saturated rings. The normalized spacial score (nSPS) is 11.7. The van der Waals surface area contributed by atoms with Crippen molar-refractivity contribution in [2.24, 2.45) is 0 Å². The number of thiazole rings is 1. The Morgan fingerprint density at radius 3 is 2.64 bits per heavy atom. The smallest absolute Gasteiger partial charge is 0.361 e. The fourth-order valence-corrected chi connectivity index (χ4v) is 3.32. The number of rotatable bonds is 6. The van der Waals surface area contributed by atoms with Crippen molar-refractivity contribution in [3.8, 4) is 16.3 Å². The molecule has 0 spiro atoms. The molecular formula is C17H17F3N4S. The largest absolute Gasteiger partial charge is 0.389 e. The van der Waals surface area contributed by atoms with Gasteiger partial charge in [-0.05, 0) is 31.5 Å². The van der Waals surface area contributed by atoms with Gasteiger partial charge in [0, 0.05) is 19.2 Å². The predicted molar refractivity (Wildman–Crippen MR) is 93.2 cm³/mol. The summed E-state index contributed by atoms with van der Waals surface area (Å²) in [6, 6.07) is 11.7. The highest BCUT2D eigenvalue weighted by Gasteiger charge is 2.25. The minimum Gasteiger partial charge on any atom is -0.361 e. The number of aryl methyl sites for hydroxylation is 1. The van der Waals surface area contributed by atoms with Gasteiger partial charge >= 0.3 is 6.18 Å². The van der Waals surface area contributed by atoms with E-state index in [-0.39, 0.29) is 13.0 Å². The van der Waals surface area contributed by atoms with Gasteiger partial charge in [-0.1, -0.05) is 29.5 Å². The molecule has 3 aromatic rings. The molecule has 0 bridgehead atoms. The van der Waals surface area contributed by atoms with Crippen molar-refractivity contribution in [2.75, 3.05) is 11.9 Å². The maximum absolute atomic E-state index is 12.2. The summed E-state index contributed by atoms with van der Waals surface area (Å²) < 4.78 is 38.3. The van der Waals surface area contributed by atoms with E-state index >= 15 is 0 Å². The molecule has 2 heterocycles. The van der Waals surface area contributed by atoms with Gasteiger partial charge in [0.25, 0.3) is 0 Å². The number of nitrogens with zero attached hydrogens (tertiary/aromatic N) is 3. The Labute approximate surface area is 147 Å². The molecule has 25 heavy (non-hydrogen) atoms. The van der Waals surface area contributed by atoms with E-state index in [0.29, 0.717) is 5.13 Å². The highest BCUT2D eigenvalue weighted by molar-refractivity contribution is 7.19. The lowest BCUT2D eigenvalue weighted by Gasteiger charge is -2.05. The number of benzene rings is 1. The van der Waals surface area contributed by atoms with E-state index in [1.807, 2.05) is 49.5 Å². The molecule has 0 unspecified atom stereocenters. The zero-order chi connectivity index (χ0) is 17.9. The fourth-order valence-electron chi connectivity index (χ4n) is 2.36. The van der Waals surface area contributed by atoms with E-state index in [1.165, 1.54) is 11.3 Å². The van der Waals surface area contributed by atoms with E-state index in [0.717, 1.165) is 22.0 Å². The standard InChI is InChI=1S/C17H17F3N4S/c1-12-15(25-16(22-12)21-10-5-9-17(18,19)20)14-8-11-24(23-14)13-6-3-2-4-7-13/h2-4,6-8,11H,5,9-10H2,1H3,(H,21,22). The van der Waals surface area contributed by atoms with Gasteiger partial charge in [0.05, 0.1) is 16.3 Å². The molecule has 0 saturated heterocycles. The summed E-state index contributed by atoms with van der Waals surface area (Å²) in [7, 11) is 0. The van der Waals surface area contributed by atoms with Crippen LogP contribution in [0.2, 0.25) is 0 Å². The first-order chi connectivity index (χ1) is 11.9. The summed E-state index contributed by atoms with van der Waals surface area (Å²) in [6.07, 6.45) is -3.01. The van der Waals surface area contributed by atoms with Crippen molar-refractivity contribution in [3.63, 3.8) is 0 Å². The summed E-state index contributed by atoms with van der Waals surface area (Å²) >= 11 is 1.40. The lowest BCUT2D eigenvalue weighted by molar-refractivity contribution is -0.134. The summed E-state index contributed by atoms with van der Waals surface area (Å²) in [5.41, 5.74) is 2.56. The molecule has 8 heteroatoms. The van der Waals surface area contributed by atoms with E-state index < -0.39 is 12.6 Å². The molecule has 0 aliphatic rings. The minimum atomic E-state index is -4.12. The van der Waals surface area contributed by atoms with Crippen molar-refractivity contribution < 1.29 is 13.2 Å². The Bertz CT molecular complexity index is 824. The highest BCUT2D eigenvalue weighted by Crippen LogP contribution is 2.32. The molecule has 1 N–H and O–H groups in total. The number of anilines is 1. The second-order valence-electron chi connectivity index (χ2n) is 5.56. The first-order valence-electron chi connectivity index (χ1n) is 7.82. The first kappa shape index (κ1) is 17.5. The van der Waals surface area contributed by atoms with Gasteiger partial charge in [0.2, 0.25) is 0 Å².